The highest BCUT2D eigenvalue weighted by Crippen LogP contribution is 2.31. The number of methoxy groups -OCH3 is 1. The standard InChI is InChI=1S/C21H21ClN2O4/c1-4-13(2)28-18-9-8-14(11-19(18)27-3)10-17-20(25)24(21(26)23-17)16-7-5-6-15(22)12-16/h5-13H,4H2,1-3H3,(H,23,26)/b17-10+. The summed E-state index contributed by atoms with van der Waals surface area (Å²) in [6, 6.07) is 11.4. The van der Waals surface area contributed by atoms with Crippen molar-refractivity contribution in [2.24, 2.45) is 0 Å². The second kappa shape index (κ2) is 8.35. The molecule has 1 aliphatic rings. The first-order valence-electron chi connectivity index (χ1n) is 8.90. The topological polar surface area (TPSA) is 67.9 Å². The van der Waals surface area contributed by atoms with Gasteiger partial charge in [-0.05, 0) is 55.3 Å². The molecule has 3 rings (SSSR count). The zero-order valence-electron chi connectivity index (χ0n) is 15.9. The molecule has 1 fully saturated rings. The number of anilines is 1. The average molecular weight is 401 g/mol. The van der Waals surface area contributed by atoms with E-state index in [1.54, 1.807) is 55.7 Å². The summed E-state index contributed by atoms with van der Waals surface area (Å²) in [4.78, 5) is 26.1. The van der Waals surface area contributed by atoms with Crippen LogP contribution < -0.4 is 19.7 Å². The van der Waals surface area contributed by atoms with Crippen molar-refractivity contribution in [3.05, 3.63) is 58.7 Å². The highest BCUT2D eigenvalue weighted by atomic mass is 35.5. The first kappa shape index (κ1) is 19.8. The van der Waals surface area contributed by atoms with Crippen molar-refractivity contribution in [1.29, 1.82) is 0 Å². The molecule has 3 amide bonds. The molecule has 0 aromatic heterocycles. The second-order valence-electron chi connectivity index (χ2n) is 6.36. The lowest BCUT2D eigenvalue weighted by molar-refractivity contribution is -0.113. The Morgan fingerprint density at radius 3 is 2.64 bits per heavy atom. The van der Waals surface area contributed by atoms with Crippen molar-refractivity contribution in [3.8, 4) is 11.5 Å². The number of halogens is 1. The van der Waals surface area contributed by atoms with Gasteiger partial charge in [-0.15, -0.1) is 0 Å². The Balaban J connectivity index is 1.87. The average Bonchev–Trinajstić information content (AvgIpc) is 2.95. The number of imide groups is 1. The van der Waals surface area contributed by atoms with Gasteiger partial charge in [0, 0.05) is 5.02 Å². The summed E-state index contributed by atoms with van der Waals surface area (Å²) in [5.41, 5.74) is 1.28. The number of nitrogens with one attached hydrogen (secondary N) is 1. The fraction of sp³-hybridized carbons (Fsp3) is 0.238. The van der Waals surface area contributed by atoms with Crippen LogP contribution in [0.4, 0.5) is 10.5 Å². The smallest absolute Gasteiger partial charge is 0.333 e. The zero-order valence-corrected chi connectivity index (χ0v) is 16.6. The van der Waals surface area contributed by atoms with Gasteiger partial charge in [-0.3, -0.25) is 4.79 Å². The Morgan fingerprint density at radius 1 is 1.18 bits per heavy atom. The Kier molecular flexibility index (Phi) is 5.90. The molecule has 28 heavy (non-hydrogen) atoms. The number of carbonyl (C=O) groups excluding carboxylic acids is 2. The number of benzene rings is 2. The van der Waals surface area contributed by atoms with Crippen LogP contribution in [0.25, 0.3) is 6.08 Å². The number of hydrogen-bond donors (Lipinski definition) is 1. The lowest BCUT2D eigenvalue weighted by Crippen LogP contribution is -2.30. The van der Waals surface area contributed by atoms with E-state index < -0.39 is 11.9 Å². The molecule has 1 unspecified atom stereocenters. The van der Waals surface area contributed by atoms with E-state index in [1.165, 1.54) is 0 Å². The highest BCUT2D eigenvalue weighted by molar-refractivity contribution is 6.32. The molecule has 0 saturated carbocycles. The summed E-state index contributed by atoms with van der Waals surface area (Å²) >= 11 is 5.97. The van der Waals surface area contributed by atoms with Crippen LogP contribution in [0.1, 0.15) is 25.8 Å². The third-order valence-electron chi connectivity index (χ3n) is 4.35. The van der Waals surface area contributed by atoms with E-state index in [9.17, 15) is 9.59 Å². The van der Waals surface area contributed by atoms with Gasteiger partial charge in [0.15, 0.2) is 11.5 Å². The number of ether oxygens (including phenoxy) is 2. The van der Waals surface area contributed by atoms with Gasteiger partial charge in [0.05, 0.1) is 18.9 Å². The molecule has 2 aromatic rings. The number of rotatable bonds is 6. The molecule has 0 bridgehead atoms. The molecule has 146 valence electrons. The molecular weight excluding hydrogens is 380 g/mol. The molecule has 0 spiro atoms. The van der Waals surface area contributed by atoms with Crippen LogP contribution in [0.2, 0.25) is 5.02 Å². The molecule has 6 nitrogen and oxygen atoms in total. The Morgan fingerprint density at radius 2 is 1.96 bits per heavy atom. The molecule has 0 radical (unpaired) electrons. The largest absolute Gasteiger partial charge is 0.493 e. The van der Waals surface area contributed by atoms with Crippen molar-refractivity contribution >= 4 is 35.3 Å². The first-order chi connectivity index (χ1) is 13.4. The fourth-order valence-corrected chi connectivity index (χ4v) is 2.91. The van der Waals surface area contributed by atoms with Gasteiger partial charge in [-0.25, -0.2) is 9.69 Å². The van der Waals surface area contributed by atoms with E-state index >= 15 is 0 Å². The lowest BCUT2D eigenvalue weighted by Gasteiger charge is -2.15. The van der Waals surface area contributed by atoms with Gasteiger partial charge in [-0.2, -0.15) is 0 Å². The van der Waals surface area contributed by atoms with Gasteiger partial charge >= 0.3 is 6.03 Å². The van der Waals surface area contributed by atoms with Gasteiger partial charge in [0.25, 0.3) is 5.91 Å². The summed E-state index contributed by atoms with van der Waals surface area (Å²) in [6.45, 7) is 4.02. The van der Waals surface area contributed by atoms with E-state index in [1.807, 2.05) is 13.8 Å². The van der Waals surface area contributed by atoms with Gasteiger partial charge in [0.2, 0.25) is 0 Å². The molecule has 1 atom stereocenters. The number of nitrogens with zero attached hydrogens (tertiary/aromatic N) is 1. The molecule has 1 saturated heterocycles. The minimum atomic E-state index is -0.526. The molecule has 0 aliphatic carbocycles. The van der Waals surface area contributed by atoms with Crippen LogP contribution in [0.5, 0.6) is 11.5 Å². The molecule has 1 N–H and O–H groups in total. The lowest BCUT2D eigenvalue weighted by atomic mass is 10.1. The number of carbonyl (C=O) groups is 2. The Bertz CT molecular complexity index is 942. The van der Waals surface area contributed by atoms with Crippen molar-refractivity contribution in [2.45, 2.75) is 26.4 Å². The maximum atomic E-state index is 12.7. The molecule has 1 aliphatic heterocycles. The van der Waals surface area contributed by atoms with Gasteiger partial charge in [-0.1, -0.05) is 30.7 Å². The maximum Gasteiger partial charge on any atom is 0.333 e. The second-order valence-corrected chi connectivity index (χ2v) is 6.79. The highest BCUT2D eigenvalue weighted by Gasteiger charge is 2.34. The summed E-state index contributed by atoms with van der Waals surface area (Å²) < 4.78 is 11.2. The van der Waals surface area contributed by atoms with Crippen LogP contribution >= 0.6 is 11.6 Å². The Hall–Kier alpha value is -2.99. The van der Waals surface area contributed by atoms with Gasteiger partial charge in [0.1, 0.15) is 5.70 Å². The van der Waals surface area contributed by atoms with Crippen LogP contribution in [0, 0.1) is 0 Å². The summed E-state index contributed by atoms with van der Waals surface area (Å²) in [5.74, 6) is 0.727. The normalized spacial score (nSPS) is 16.3. The van der Waals surface area contributed by atoms with E-state index in [0.717, 1.165) is 11.3 Å². The van der Waals surface area contributed by atoms with E-state index in [0.29, 0.717) is 27.8 Å². The monoisotopic (exact) mass is 400 g/mol. The third-order valence-corrected chi connectivity index (χ3v) is 4.58. The molecular formula is C21H21ClN2O4. The van der Waals surface area contributed by atoms with Crippen LogP contribution in [-0.2, 0) is 4.79 Å². The van der Waals surface area contributed by atoms with Crippen LogP contribution in [0.3, 0.4) is 0 Å². The van der Waals surface area contributed by atoms with Crippen molar-refractivity contribution in [3.63, 3.8) is 0 Å². The van der Waals surface area contributed by atoms with Crippen molar-refractivity contribution in [2.75, 3.05) is 12.0 Å². The van der Waals surface area contributed by atoms with Crippen LogP contribution in [0.15, 0.2) is 48.2 Å². The quantitative estimate of drug-likeness (QED) is 0.567. The van der Waals surface area contributed by atoms with E-state index in [2.05, 4.69) is 5.32 Å². The first-order valence-corrected chi connectivity index (χ1v) is 9.28. The van der Waals surface area contributed by atoms with Crippen molar-refractivity contribution in [1.82, 2.24) is 5.32 Å². The minimum Gasteiger partial charge on any atom is -0.493 e. The summed E-state index contributed by atoms with van der Waals surface area (Å²) in [5, 5.41) is 3.04. The third kappa shape index (κ3) is 4.12. The van der Waals surface area contributed by atoms with Crippen molar-refractivity contribution < 1.29 is 19.1 Å². The van der Waals surface area contributed by atoms with E-state index in [-0.39, 0.29) is 11.8 Å². The Labute approximate surface area is 168 Å². The minimum absolute atomic E-state index is 0.0556. The van der Waals surface area contributed by atoms with Crippen LogP contribution in [-0.4, -0.2) is 25.2 Å². The molecule has 2 aromatic carbocycles. The van der Waals surface area contributed by atoms with E-state index in [4.69, 9.17) is 21.1 Å². The maximum absolute atomic E-state index is 12.7. The predicted octanol–water partition coefficient (Wildman–Crippen LogP) is 4.62. The molecule has 1 heterocycles. The number of amides is 3. The fourth-order valence-electron chi connectivity index (χ4n) is 2.72. The summed E-state index contributed by atoms with van der Waals surface area (Å²) in [7, 11) is 1.55. The van der Waals surface area contributed by atoms with Gasteiger partial charge < -0.3 is 14.8 Å². The molecule has 7 heteroatoms. The number of hydrogen-bond acceptors (Lipinski definition) is 4. The zero-order chi connectivity index (χ0) is 20.3. The SMILES string of the molecule is CCC(C)Oc1ccc(/C=C2/NC(=O)N(c3cccc(Cl)c3)C2=O)cc1OC. The predicted molar refractivity (Wildman–Crippen MR) is 109 cm³/mol. The number of urea groups is 1. The summed E-state index contributed by atoms with van der Waals surface area (Å²) in [6.07, 6.45) is 2.52.